The van der Waals surface area contributed by atoms with Gasteiger partial charge < -0.3 is 14.5 Å². The summed E-state index contributed by atoms with van der Waals surface area (Å²) >= 11 is 1.41. The number of likely N-dealkylation sites (tertiary alicyclic amines) is 1. The van der Waals surface area contributed by atoms with Gasteiger partial charge in [0.2, 0.25) is 5.91 Å². The van der Waals surface area contributed by atoms with Gasteiger partial charge in [-0.15, -0.1) is 11.3 Å². The highest BCUT2D eigenvalue weighted by Crippen LogP contribution is 2.24. The van der Waals surface area contributed by atoms with Gasteiger partial charge >= 0.3 is 0 Å². The van der Waals surface area contributed by atoms with E-state index in [1.54, 1.807) is 11.0 Å². The van der Waals surface area contributed by atoms with Gasteiger partial charge in [-0.3, -0.25) is 14.5 Å². The lowest BCUT2D eigenvalue weighted by atomic mass is 10.1. The monoisotopic (exact) mass is 431 g/mol. The number of amides is 2. The van der Waals surface area contributed by atoms with Crippen LogP contribution in [0.2, 0.25) is 0 Å². The Morgan fingerprint density at radius 3 is 2.63 bits per heavy atom. The molecule has 2 aliphatic heterocycles. The van der Waals surface area contributed by atoms with Crippen molar-refractivity contribution in [2.45, 2.75) is 25.4 Å². The molecule has 2 fully saturated rings. The van der Waals surface area contributed by atoms with Gasteiger partial charge in [-0.05, 0) is 42.0 Å². The first-order valence-electron chi connectivity index (χ1n) is 10.2. The summed E-state index contributed by atoms with van der Waals surface area (Å²) in [5.74, 6) is -0.110. The number of nitrogens with zero attached hydrogens (tertiary/aromatic N) is 3. The topological polar surface area (TPSA) is 53.1 Å². The molecule has 160 valence electrons. The second-order valence-corrected chi connectivity index (χ2v) is 8.65. The van der Waals surface area contributed by atoms with Gasteiger partial charge in [-0.1, -0.05) is 12.1 Å². The van der Waals surface area contributed by atoms with Crippen molar-refractivity contribution in [1.29, 1.82) is 0 Å². The zero-order valence-electron chi connectivity index (χ0n) is 17.1. The first kappa shape index (κ1) is 20.8. The highest BCUT2D eigenvalue weighted by atomic mass is 32.1. The molecule has 0 unspecified atom stereocenters. The standard InChI is InChI=1S/C22H26FN3O3S/c1-29-19-7-6-16(14-17(19)23)15-24-9-11-25(12-10-24)21(27)18-4-2-8-26(18)22(28)20-5-3-13-30-20/h3,5-7,13-14,18H,2,4,8-12,15H2,1H3/t18-/m1/s1. The third-order valence-corrected chi connectivity index (χ3v) is 6.69. The van der Waals surface area contributed by atoms with E-state index in [1.807, 2.05) is 28.5 Å². The Balaban J connectivity index is 1.33. The van der Waals surface area contributed by atoms with Gasteiger partial charge in [0.25, 0.3) is 5.91 Å². The zero-order valence-corrected chi connectivity index (χ0v) is 17.9. The maximum atomic E-state index is 13.9. The van der Waals surface area contributed by atoms with Crippen molar-refractivity contribution in [2.24, 2.45) is 0 Å². The van der Waals surface area contributed by atoms with Crippen LogP contribution >= 0.6 is 11.3 Å². The van der Waals surface area contributed by atoms with Crippen molar-refractivity contribution < 1.29 is 18.7 Å². The third kappa shape index (κ3) is 4.34. The Bertz CT molecular complexity index is 897. The number of benzene rings is 1. The van der Waals surface area contributed by atoms with Crippen LogP contribution in [0.3, 0.4) is 0 Å². The molecule has 0 N–H and O–H groups in total. The molecule has 0 spiro atoms. The van der Waals surface area contributed by atoms with Crippen LogP contribution in [0.1, 0.15) is 28.1 Å². The van der Waals surface area contributed by atoms with E-state index in [1.165, 1.54) is 24.5 Å². The summed E-state index contributed by atoms with van der Waals surface area (Å²) in [5.41, 5.74) is 0.886. The SMILES string of the molecule is COc1ccc(CN2CCN(C(=O)[C@H]3CCCN3C(=O)c3cccs3)CC2)cc1F. The van der Waals surface area contributed by atoms with Crippen LogP contribution in [-0.2, 0) is 11.3 Å². The van der Waals surface area contributed by atoms with Crippen LogP contribution < -0.4 is 4.74 Å². The summed E-state index contributed by atoms with van der Waals surface area (Å²) < 4.78 is 18.9. The van der Waals surface area contributed by atoms with Crippen molar-refractivity contribution in [1.82, 2.24) is 14.7 Å². The maximum absolute atomic E-state index is 13.9. The molecule has 8 heteroatoms. The largest absolute Gasteiger partial charge is 0.494 e. The highest BCUT2D eigenvalue weighted by Gasteiger charge is 2.37. The summed E-state index contributed by atoms with van der Waals surface area (Å²) in [6.07, 6.45) is 1.58. The fraction of sp³-hybridized carbons (Fsp3) is 0.455. The second kappa shape index (κ2) is 9.14. The molecular formula is C22H26FN3O3S. The number of ether oxygens (including phenoxy) is 1. The van der Waals surface area contributed by atoms with E-state index in [0.29, 0.717) is 31.1 Å². The second-order valence-electron chi connectivity index (χ2n) is 7.70. The van der Waals surface area contributed by atoms with E-state index in [4.69, 9.17) is 4.74 Å². The predicted molar refractivity (Wildman–Crippen MR) is 113 cm³/mol. The fourth-order valence-corrected chi connectivity index (χ4v) is 4.89. The summed E-state index contributed by atoms with van der Waals surface area (Å²) in [7, 11) is 1.45. The van der Waals surface area contributed by atoms with E-state index < -0.39 is 0 Å². The molecular weight excluding hydrogens is 405 g/mol. The summed E-state index contributed by atoms with van der Waals surface area (Å²) in [6.45, 7) is 3.96. The summed E-state index contributed by atoms with van der Waals surface area (Å²) in [6, 6.07) is 8.33. The van der Waals surface area contributed by atoms with E-state index in [-0.39, 0.29) is 29.4 Å². The summed E-state index contributed by atoms with van der Waals surface area (Å²) in [5, 5.41) is 1.88. The van der Waals surface area contributed by atoms with Gasteiger partial charge in [-0.2, -0.15) is 0 Å². The number of rotatable bonds is 5. The lowest BCUT2D eigenvalue weighted by Crippen LogP contribution is -2.54. The molecule has 2 amide bonds. The first-order valence-corrected chi connectivity index (χ1v) is 11.1. The minimum absolute atomic E-state index is 0.0407. The molecule has 2 saturated heterocycles. The minimum Gasteiger partial charge on any atom is -0.494 e. The average Bonchev–Trinajstić information content (AvgIpc) is 3.46. The van der Waals surface area contributed by atoms with Crippen LogP contribution in [0.25, 0.3) is 0 Å². The molecule has 1 aromatic carbocycles. The molecule has 30 heavy (non-hydrogen) atoms. The van der Waals surface area contributed by atoms with Crippen molar-refractivity contribution in [2.75, 3.05) is 39.8 Å². The fourth-order valence-electron chi connectivity index (χ4n) is 4.21. The van der Waals surface area contributed by atoms with Crippen LogP contribution in [0.4, 0.5) is 4.39 Å². The van der Waals surface area contributed by atoms with Crippen LogP contribution in [-0.4, -0.2) is 72.4 Å². The third-order valence-electron chi connectivity index (χ3n) is 5.84. The Morgan fingerprint density at radius 1 is 1.17 bits per heavy atom. The number of methoxy groups -OCH3 is 1. The first-order chi connectivity index (χ1) is 14.6. The number of halogens is 1. The number of carbonyl (C=O) groups excluding carboxylic acids is 2. The molecule has 6 nitrogen and oxygen atoms in total. The van der Waals surface area contributed by atoms with Crippen LogP contribution in [0.5, 0.6) is 5.75 Å². The molecule has 0 bridgehead atoms. The van der Waals surface area contributed by atoms with E-state index in [0.717, 1.165) is 31.5 Å². The molecule has 1 aromatic heterocycles. The van der Waals surface area contributed by atoms with Crippen molar-refractivity contribution in [3.05, 3.63) is 52.0 Å². The van der Waals surface area contributed by atoms with Gasteiger partial charge in [0.05, 0.1) is 12.0 Å². The number of carbonyl (C=O) groups is 2. The molecule has 3 heterocycles. The molecule has 4 rings (SSSR count). The Morgan fingerprint density at radius 2 is 1.97 bits per heavy atom. The maximum Gasteiger partial charge on any atom is 0.264 e. The number of thiophene rings is 1. The number of hydrogen-bond donors (Lipinski definition) is 0. The minimum atomic E-state index is -0.361. The van der Waals surface area contributed by atoms with Crippen LogP contribution in [0.15, 0.2) is 35.7 Å². The Labute approximate surface area is 179 Å². The van der Waals surface area contributed by atoms with Gasteiger partial charge in [0.1, 0.15) is 6.04 Å². The Kier molecular flexibility index (Phi) is 6.34. The van der Waals surface area contributed by atoms with E-state index in [9.17, 15) is 14.0 Å². The molecule has 1 atom stereocenters. The van der Waals surface area contributed by atoms with Crippen molar-refractivity contribution in [3.63, 3.8) is 0 Å². The number of hydrogen-bond acceptors (Lipinski definition) is 5. The normalized spacial score (nSPS) is 19.9. The average molecular weight is 432 g/mol. The zero-order chi connectivity index (χ0) is 21.1. The van der Waals surface area contributed by atoms with Crippen LogP contribution in [0, 0.1) is 5.82 Å². The molecule has 0 radical (unpaired) electrons. The van der Waals surface area contributed by atoms with Gasteiger partial charge in [0.15, 0.2) is 11.6 Å². The van der Waals surface area contributed by atoms with Crippen molar-refractivity contribution in [3.8, 4) is 5.75 Å². The predicted octanol–water partition coefficient (Wildman–Crippen LogP) is 2.84. The lowest BCUT2D eigenvalue weighted by Gasteiger charge is -2.37. The lowest BCUT2D eigenvalue weighted by molar-refractivity contribution is -0.137. The van der Waals surface area contributed by atoms with E-state index in [2.05, 4.69) is 4.90 Å². The number of piperazine rings is 1. The highest BCUT2D eigenvalue weighted by molar-refractivity contribution is 7.12. The summed E-state index contributed by atoms with van der Waals surface area (Å²) in [4.78, 5) is 32.4. The molecule has 2 aliphatic rings. The van der Waals surface area contributed by atoms with E-state index >= 15 is 0 Å². The van der Waals surface area contributed by atoms with Gasteiger partial charge in [0, 0.05) is 39.3 Å². The van der Waals surface area contributed by atoms with Gasteiger partial charge in [-0.25, -0.2) is 4.39 Å². The van der Waals surface area contributed by atoms with Crippen molar-refractivity contribution >= 4 is 23.2 Å². The molecule has 0 aliphatic carbocycles. The smallest absolute Gasteiger partial charge is 0.264 e. The molecule has 0 saturated carbocycles. The molecule has 2 aromatic rings. The quantitative estimate of drug-likeness (QED) is 0.731. The Hall–Kier alpha value is -2.45.